The Hall–Kier alpha value is -2.06. The predicted octanol–water partition coefficient (Wildman–Crippen LogP) is 1.27. The van der Waals surface area contributed by atoms with Gasteiger partial charge in [0, 0.05) is 33.3 Å². The fourth-order valence-corrected chi connectivity index (χ4v) is 3.91. The van der Waals surface area contributed by atoms with Crippen LogP contribution in [-0.2, 0) is 9.53 Å². The van der Waals surface area contributed by atoms with E-state index in [2.05, 4.69) is 5.32 Å². The molecule has 2 aliphatic rings. The average Bonchev–Trinajstić information content (AvgIpc) is 2.68. The minimum Gasteiger partial charge on any atom is -0.384 e. The van der Waals surface area contributed by atoms with Crippen LogP contribution in [0.5, 0.6) is 0 Å². The predicted molar refractivity (Wildman–Crippen MR) is 95.3 cm³/mol. The molecule has 0 unspecified atom stereocenters. The van der Waals surface area contributed by atoms with Gasteiger partial charge in [-0.05, 0) is 38.1 Å². The van der Waals surface area contributed by atoms with Gasteiger partial charge in [-0.2, -0.15) is 0 Å². The number of halogens is 2. The lowest BCUT2D eigenvalue weighted by Crippen LogP contribution is -2.57. The zero-order valence-electron chi connectivity index (χ0n) is 15.5. The molecule has 1 aromatic rings. The molecule has 8 heteroatoms. The Morgan fingerprint density at radius 2 is 1.63 bits per heavy atom. The van der Waals surface area contributed by atoms with Gasteiger partial charge in [-0.15, -0.1) is 0 Å². The summed E-state index contributed by atoms with van der Waals surface area (Å²) in [5.41, 5.74) is -1.07. The molecule has 148 valence electrons. The van der Waals surface area contributed by atoms with Crippen molar-refractivity contribution in [3.05, 3.63) is 35.4 Å². The van der Waals surface area contributed by atoms with Crippen molar-refractivity contribution in [1.82, 2.24) is 15.1 Å². The van der Waals surface area contributed by atoms with Crippen molar-refractivity contribution in [2.24, 2.45) is 5.41 Å². The van der Waals surface area contributed by atoms with Crippen LogP contribution in [0.3, 0.4) is 0 Å². The van der Waals surface area contributed by atoms with Crippen LogP contribution in [0.25, 0.3) is 0 Å². The van der Waals surface area contributed by atoms with Crippen molar-refractivity contribution in [2.75, 3.05) is 53.0 Å². The molecule has 3 rings (SSSR count). The maximum atomic E-state index is 13.9. The Balaban J connectivity index is 1.66. The molecular formula is C19H25F2N3O3. The van der Waals surface area contributed by atoms with E-state index in [0.29, 0.717) is 32.5 Å². The molecule has 2 fully saturated rings. The minimum absolute atomic E-state index is 0.0371. The van der Waals surface area contributed by atoms with Gasteiger partial charge < -0.3 is 19.9 Å². The molecule has 27 heavy (non-hydrogen) atoms. The Bertz CT molecular complexity index is 674. The van der Waals surface area contributed by atoms with E-state index in [1.54, 1.807) is 12.0 Å². The van der Waals surface area contributed by atoms with Crippen LogP contribution < -0.4 is 5.32 Å². The first-order chi connectivity index (χ1) is 13.0. The van der Waals surface area contributed by atoms with Crippen LogP contribution in [0.4, 0.5) is 8.78 Å². The summed E-state index contributed by atoms with van der Waals surface area (Å²) in [6, 6.07) is 3.37. The maximum Gasteiger partial charge on any atom is 0.259 e. The van der Waals surface area contributed by atoms with E-state index in [1.165, 1.54) is 11.0 Å². The van der Waals surface area contributed by atoms with Gasteiger partial charge in [-0.3, -0.25) is 9.59 Å². The number of hydrogen-bond acceptors (Lipinski definition) is 4. The Morgan fingerprint density at radius 1 is 1.07 bits per heavy atom. The van der Waals surface area contributed by atoms with Gasteiger partial charge in [0.2, 0.25) is 5.91 Å². The number of amides is 2. The largest absolute Gasteiger partial charge is 0.384 e. The van der Waals surface area contributed by atoms with Crippen molar-refractivity contribution in [1.29, 1.82) is 0 Å². The summed E-state index contributed by atoms with van der Waals surface area (Å²) in [6.45, 7) is 3.09. The highest BCUT2D eigenvalue weighted by Gasteiger charge is 2.43. The van der Waals surface area contributed by atoms with Gasteiger partial charge in [-0.1, -0.05) is 6.07 Å². The smallest absolute Gasteiger partial charge is 0.259 e. The minimum atomic E-state index is -0.868. The zero-order valence-corrected chi connectivity index (χ0v) is 15.5. The summed E-state index contributed by atoms with van der Waals surface area (Å²) in [6.07, 6.45) is 1.42. The first-order valence-corrected chi connectivity index (χ1v) is 9.21. The van der Waals surface area contributed by atoms with Crippen molar-refractivity contribution in [3.63, 3.8) is 0 Å². The summed E-state index contributed by atoms with van der Waals surface area (Å²) < 4.78 is 33.1. The molecule has 0 aliphatic carbocycles. The highest BCUT2D eigenvalue weighted by Crippen LogP contribution is 2.32. The number of nitrogens with zero attached hydrogens (tertiary/aromatic N) is 2. The number of benzene rings is 1. The molecule has 2 heterocycles. The molecule has 2 aliphatic heterocycles. The molecule has 0 spiro atoms. The van der Waals surface area contributed by atoms with Crippen molar-refractivity contribution < 1.29 is 23.1 Å². The lowest BCUT2D eigenvalue weighted by Gasteiger charge is -2.42. The number of carbonyl (C=O) groups excluding carboxylic acids is 2. The van der Waals surface area contributed by atoms with Gasteiger partial charge in [-0.25, -0.2) is 8.78 Å². The summed E-state index contributed by atoms with van der Waals surface area (Å²) in [7, 11) is 1.59. The normalized spacial score (nSPS) is 19.8. The van der Waals surface area contributed by atoms with E-state index in [0.717, 1.165) is 25.2 Å². The van der Waals surface area contributed by atoms with E-state index in [9.17, 15) is 18.4 Å². The van der Waals surface area contributed by atoms with Crippen molar-refractivity contribution in [2.45, 2.75) is 12.8 Å². The Morgan fingerprint density at radius 3 is 2.19 bits per heavy atom. The van der Waals surface area contributed by atoms with Gasteiger partial charge in [0.15, 0.2) is 0 Å². The van der Waals surface area contributed by atoms with E-state index >= 15 is 0 Å². The number of ether oxygens (including phenoxy) is 1. The highest BCUT2D eigenvalue weighted by atomic mass is 19.1. The fourth-order valence-electron chi connectivity index (χ4n) is 3.91. The number of carbonyl (C=O) groups is 2. The molecule has 0 radical (unpaired) electrons. The van der Waals surface area contributed by atoms with E-state index in [-0.39, 0.29) is 19.0 Å². The second-order valence-electron chi connectivity index (χ2n) is 7.14. The van der Waals surface area contributed by atoms with Gasteiger partial charge in [0.25, 0.3) is 5.91 Å². The number of piperidine rings is 1. The quantitative estimate of drug-likeness (QED) is 0.853. The Kier molecular flexibility index (Phi) is 6.06. The van der Waals surface area contributed by atoms with Crippen LogP contribution >= 0.6 is 0 Å². The molecule has 0 bridgehead atoms. The highest BCUT2D eigenvalue weighted by molar-refractivity contribution is 5.95. The number of nitrogens with one attached hydrogen (secondary N) is 1. The average molecular weight is 381 g/mol. The molecule has 1 aromatic carbocycles. The summed E-state index contributed by atoms with van der Waals surface area (Å²) in [4.78, 5) is 28.8. The molecule has 0 atom stereocenters. The first kappa shape index (κ1) is 19.7. The van der Waals surface area contributed by atoms with E-state index in [4.69, 9.17) is 4.74 Å². The van der Waals surface area contributed by atoms with Crippen LogP contribution in [0, 0.1) is 17.0 Å². The molecule has 0 aromatic heterocycles. The molecular weight excluding hydrogens is 356 g/mol. The number of rotatable bonds is 4. The fraction of sp³-hybridized carbons (Fsp3) is 0.579. The molecule has 0 saturated carbocycles. The number of piperazine rings is 1. The SMILES string of the molecule is COCC1(C(=O)N2CCN(C(=O)c3c(F)cccc3F)CC2)CCNCC1. The topological polar surface area (TPSA) is 61.9 Å². The van der Waals surface area contributed by atoms with E-state index in [1.807, 2.05) is 0 Å². The van der Waals surface area contributed by atoms with Crippen LogP contribution in [0.15, 0.2) is 18.2 Å². The van der Waals surface area contributed by atoms with Gasteiger partial charge >= 0.3 is 0 Å². The van der Waals surface area contributed by atoms with Crippen LogP contribution in [-0.4, -0.2) is 74.6 Å². The molecule has 6 nitrogen and oxygen atoms in total. The lowest BCUT2D eigenvalue weighted by molar-refractivity contribution is -0.149. The standard InChI is InChI=1S/C19H25F2N3O3/c1-27-13-19(5-7-22-8-6-19)18(26)24-11-9-23(10-12-24)17(25)16-14(20)3-2-4-15(16)21/h2-4,22H,5-13H2,1H3. The number of hydrogen-bond donors (Lipinski definition) is 1. The van der Waals surface area contributed by atoms with Crippen LogP contribution in [0.1, 0.15) is 23.2 Å². The summed E-state index contributed by atoms with van der Waals surface area (Å²) in [5.74, 6) is -2.37. The zero-order chi connectivity index (χ0) is 19.4. The molecule has 1 N–H and O–H groups in total. The monoisotopic (exact) mass is 381 g/mol. The maximum absolute atomic E-state index is 13.9. The number of methoxy groups -OCH3 is 1. The summed E-state index contributed by atoms with van der Waals surface area (Å²) >= 11 is 0. The summed E-state index contributed by atoms with van der Waals surface area (Å²) in [5, 5.41) is 3.26. The third-order valence-corrected chi connectivity index (χ3v) is 5.47. The van der Waals surface area contributed by atoms with E-state index < -0.39 is 28.5 Å². The van der Waals surface area contributed by atoms with Gasteiger partial charge in [0.05, 0.1) is 12.0 Å². The van der Waals surface area contributed by atoms with Crippen molar-refractivity contribution >= 4 is 11.8 Å². The third kappa shape index (κ3) is 3.96. The second-order valence-corrected chi connectivity index (χ2v) is 7.14. The lowest BCUT2D eigenvalue weighted by atomic mass is 9.78. The molecule has 2 saturated heterocycles. The van der Waals surface area contributed by atoms with Gasteiger partial charge in [0.1, 0.15) is 17.2 Å². The van der Waals surface area contributed by atoms with Crippen LogP contribution in [0.2, 0.25) is 0 Å². The molecule has 2 amide bonds. The Labute approximate surface area is 157 Å². The first-order valence-electron chi connectivity index (χ1n) is 9.21. The van der Waals surface area contributed by atoms with Crippen molar-refractivity contribution in [3.8, 4) is 0 Å². The third-order valence-electron chi connectivity index (χ3n) is 5.47. The second kappa shape index (κ2) is 8.31.